The van der Waals surface area contributed by atoms with E-state index in [-0.39, 0.29) is 5.82 Å². The first kappa shape index (κ1) is 11.8. The highest BCUT2D eigenvalue weighted by Gasteiger charge is 2.07. The van der Waals surface area contributed by atoms with Gasteiger partial charge in [-0.1, -0.05) is 13.8 Å². The molecule has 19 heavy (non-hydrogen) atoms. The van der Waals surface area contributed by atoms with Gasteiger partial charge in [-0.25, -0.2) is 9.37 Å². The van der Waals surface area contributed by atoms with E-state index in [4.69, 9.17) is 0 Å². The van der Waals surface area contributed by atoms with Crippen molar-refractivity contribution in [2.24, 2.45) is 0 Å². The first-order valence-electron chi connectivity index (χ1n) is 6.24. The number of hydrogen-bond donors (Lipinski definition) is 0. The fourth-order valence-electron chi connectivity index (χ4n) is 2.07. The summed E-state index contributed by atoms with van der Waals surface area (Å²) in [7, 11) is 0. The Kier molecular flexibility index (Phi) is 2.78. The zero-order valence-electron chi connectivity index (χ0n) is 10.8. The van der Waals surface area contributed by atoms with E-state index >= 15 is 0 Å². The zero-order valence-corrected chi connectivity index (χ0v) is 10.8. The summed E-state index contributed by atoms with van der Waals surface area (Å²) >= 11 is 0. The Morgan fingerprint density at radius 2 is 1.95 bits per heavy atom. The van der Waals surface area contributed by atoms with Crippen molar-refractivity contribution in [3.8, 4) is 5.69 Å². The molecule has 3 aromatic rings. The van der Waals surface area contributed by atoms with Gasteiger partial charge in [-0.2, -0.15) is 0 Å². The summed E-state index contributed by atoms with van der Waals surface area (Å²) in [6, 6.07) is 8.62. The fraction of sp³-hybridized carbons (Fsp3) is 0.200. The van der Waals surface area contributed by atoms with Gasteiger partial charge in [0.1, 0.15) is 12.1 Å². The topological polar surface area (TPSA) is 30.7 Å². The second-order valence-corrected chi connectivity index (χ2v) is 4.84. The van der Waals surface area contributed by atoms with Crippen LogP contribution in [0.15, 0.2) is 42.9 Å². The molecular weight excluding hydrogens is 241 g/mol. The van der Waals surface area contributed by atoms with Crippen molar-refractivity contribution in [1.82, 2.24) is 14.5 Å². The first-order chi connectivity index (χ1) is 9.15. The van der Waals surface area contributed by atoms with E-state index in [0.717, 1.165) is 16.9 Å². The lowest BCUT2D eigenvalue weighted by molar-refractivity contribution is 0.629. The number of rotatable bonds is 2. The number of nitrogens with zero attached hydrogens (tertiary/aromatic N) is 3. The number of imidazole rings is 1. The molecular formula is C15H14FN3. The molecule has 0 saturated heterocycles. The monoisotopic (exact) mass is 255 g/mol. The van der Waals surface area contributed by atoms with Crippen molar-refractivity contribution in [3.05, 3.63) is 54.4 Å². The zero-order chi connectivity index (χ0) is 13.4. The number of benzene rings is 1. The van der Waals surface area contributed by atoms with Gasteiger partial charge in [0.2, 0.25) is 0 Å². The largest absolute Gasteiger partial charge is 0.297 e. The molecule has 0 fully saturated rings. The third kappa shape index (κ3) is 2.10. The average Bonchev–Trinajstić information content (AvgIpc) is 2.81. The lowest BCUT2D eigenvalue weighted by atomic mass is 10.1. The van der Waals surface area contributed by atoms with Gasteiger partial charge in [-0.3, -0.25) is 9.55 Å². The Morgan fingerprint density at radius 1 is 1.11 bits per heavy atom. The summed E-state index contributed by atoms with van der Waals surface area (Å²) in [5, 5.41) is 0. The number of aromatic nitrogens is 3. The third-order valence-corrected chi connectivity index (χ3v) is 3.15. The van der Waals surface area contributed by atoms with Crippen LogP contribution in [-0.4, -0.2) is 14.5 Å². The number of fused-ring (bicyclic) bond motifs is 1. The maximum atomic E-state index is 13.1. The van der Waals surface area contributed by atoms with Gasteiger partial charge >= 0.3 is 0 Å². The Morgan fingerprint density at radius 3 is 2.63 bits per heavy atom. The van der Waals surface area contributed by atoms with Crippen molar-refractivity contribution in [2.45, 2.75) is 19.8 Å². The van der Waals surface area contributed by atoms with Gasteiger partial charge in [-0.05, 0) is 30.2 Å². The van der Waals surface area contributed by atoms with E-state index in [1.165, 1.54) is 12.1 Å². The normalized spacial score (nSPS) is 11.4. The summed E-state index contributed by atoms with van der Waals surface area (Å²) in [5.74, 6) is 0.133. The van der Waals surface area contributed by atoms with Crippen LogP contribution < -0.4 is 0 Å². The number of pyridine rings is 1. The molecule has 0 aliphatic rings. The van der Waals surface area contributed by atoms with E-state index < -0.39 is 0 Å². The van der Waals surface area contributed by atoms with E-state index in [2.05, 4.69) is 23.8 Å². The highest BCUT2D eigenvalue weighted by atomic mass is 19.1. The SMILES string of the molecule is CC(C)c1ccc(-n2cnc3cc(F)ccc32)cn1. The lowest BCUT2D eigenvalue weighted by Gasteiger charge is -2.07. The maximum Gasteiger partial charge on any atom is 0.125 e. The van der Waals surface area contributed by atoms with Gasteiger partial charge < -0.3 is 0 Å². The highest BCUT2D eigenvalue weighted by molar-refractivity contribution is 5.77. The Balaban J connectivity index is 2.09. The van der Waals surface area contributed by atoms with Gasteiger partial charge in [0, 0.05) is 11.8 Å². The minimum Gasteiger partial charge on any atom is -0.297 e. The van der Waals surface area contributed by atoms with Gasteiger partial charge in [-0.15, -0.1) is 0 Å². The number of hydrogen-bond acceptors (Lipinski definition) is 2. The van der Waals surface area contributed by atoms with Crippen LogP contribution in [0.2, 0.25) is 0 Å². The lowest BCUT2D eigenvalue weighted by Crippen LogP contribution is -1.96. The second kappa shape index (κ2) is 4.46. The summed E-state index contributed by atoms with van der Waals surface area (Å²) in [4.78, 5) is 8.64. The van der Waals surface area contributed by atoms with Crippen molar-refractivity contribution in [3.63, 3.8) is 0 Å². The van der Waals surface area contributed by atoms with Crippen molar-refractivity contribution in [1.29, 1.82) is 0 Å². The molecule has 0 unspecified atom stereocenters. The summed E-state index contributed by atoms with van der Waals surface area (Å²) < 4.78 is 15.0. The summed E-state index contributed by atoms with van der Waals surface area (Å²) in [6.45, 7) is 4.22. The van der Waals surface area contributed by atoms with Crippen LogP contribution in [0.3, 0.4) is 0 Å². The molecule has 0 saturated carbocycles. The molecule has 2 aromatic heterocycles. The van der Waals surface area contributed by atoms with Gasteiger partial charge in [0.15, 0.2) is 0 Å². The van der Waals surface area contributed by atoms with Crippen molar-refractivity contribution >= 4 is 11.0 Å². The van der Waals surface area contributed by atoms with E-state index in [1.54, 1.807) is 12.4 Å². The second-order valence-electron chi connectivity index (χ2n) is 4.84. The molecule has 2 heterocycles. The quantitative estimate of drug-likeness (QED) is 0.699. The summed E-state index contributed by atoms with van der Waals surface area (Å²) in [5.41, 5.74) is 3.51. The first-order valence-corrected chi connectivity index (χ1v) is 6.24. The van der Waals surface area contributed by atoms with Crippen LogP contribution in [0.25, 0.3) is 16.7 Å². The summed E-state index contributed by atoms with van der Waals surface area (Å²) in [6.07, 6.45) is 3.51. The van der Waals surface area contributed by atoms with E-state index in [1.807, 2.05) is 22.9 Å². The number of halogens is 1. The van der Waals surface area contributed by atoms with Crippen molar-refractivity contribution in [2.75, 3.05) is 0 Å². The Hall–Kier alpha value is -2.23. The fourth-order valence-corrected chi connectivity index (χ4v) is 2.07. The third-order valence-electron chi connectivity index (χ3n) is 3.15. The predicted molar refractivity (Wildman–Crippen MR) is 72.9 cm³/mol. The van der Waals surface area contributed by atoms with Crippen molar-refractivity contribution < 1.29 is 4.39 Å². The molecule has 0 amide bonds. The van der Waals surface area contributed by atoms with Crippen LogP contribution >= 0.6 is 0 Å². The molecule has 1 aromatic carbocycles. The molecule has 4 heteroatoms. The molecule has 0 radical (unpaired) electrons. The Labute approximate surface area is 110 Å². The molecule has 0 bridgehead atoms. The molecule has 0 atom stereocenters. The van der Waals surface area contributed by atoms with Crippen LogP contribution in [0.4, 0.5) is 4.39 Å². The standard InChI is InChI=1S/C15H14FN3/c1-10(2)13-5-4-12(8-17-13)19-9-18-14-7-11(16)3-6-15(14)19/h3-10H,1-2H3. The molecule has 3 nitrogen and oxygen atoms in total. The minimum atomic E-state index is -0.272. The van der Waals surface area contributed by atoms with Gasteiger partial charge in [0.05, 0.1) is 22.9 Å². The van der Waals surface area contributed by atoms with Gasteiger partial charge in [0.25, 0.3) is 0 Å². The smallest absolute Gasteiger partial charge is 0.125 e. The van der Waals surface area contributed by atoms with Crippen LogP contribution in [-0.2, 0) is 0 Å². The van der Waals surface area contributed by atoms with E-state index in [9.17, 15) is 4.39 Å². The maximum absolute atomic E-state index is 13.1. The Bertz CT molecular complexity index is 714. The predicted octanol–water partition coefficient (Wildman–Crippen LogP) is 3.68. The van der Waals surface area contributed by atoms with Crippen LogP contribution in [0.5, 0.6) is 0 Å². The molecule has 3 rings (SSSR count). The minimum absolute atomic E-state index is 0.272. The molecule has 0 aliphatic carbocycles. The van der Waals surface area contributed by atoms with E-state index in [0.29, 0.717) is 11.4 Å². The average molecular weight is 255 g/mol. The molecule has 0 aliphatic heterocycles. The molecule has 96 valence electrons. The van der Waals surface area contributed by atoms with Crippen LogP contribution in [0, 0.1) is 5.82 Å². The highest BCUT2D eigenvalue weighted by Crippen LogP contribution is 2.20. The molecule has 0 N–H and O–H groups in total. The van der Waals surface area contributed by atoms with Crippen LogP contribution in [0.1, 0.15) is 25.5 Å². The molecule has 0 spiro atoms.